The highest BCUT2D eigenvalue weighted by molar-refractivity contribution is 5.79. The maximum absolute atomic E-state index is 10.2. The van der Waals surface area contributed by atoms with E-state index in [1.54, 1.807) is 6.08 Å². The van der Waals surface area contributed by atoms with Crippen LogP contribution < -0.4 is 0 Å². The number of rotatable bonds is 4. The van der Waals surface area contributed by atoms with Crippen LogP contribution in [0.3, 0.4) is 0 Å². The summed E-state index contributed by atoms with van der Waals surface area (Å²) in [5.74, 6) is -0.893. The Hall–Kier alpha value is -0.870. The third kappa shape index (κ3) is 3.57. The van der Waals surface area contributed by atoms with Crippen LogP contribution in [0.25, 0.3) is 0 Å². The molecule has 1 atom stereocenters. The minimum atomic E-state index is -0.893. The molecule has 1 aliphatic heterocycles. The summed E-state index contributed by atoms with van der Waals surface area (Å²) in [6.45, 7) is 2.25. The standard InChI is InChI=1S/C9H15NO3/c1-10(5-2-3-9(11)12)8-4-6-13-7-8/h2-3,8H,4-7H2,1H3,(H,11,12)/b3-2+. The van der Waals surface area contributed by atoms with Crippen LogP contribution in [0, 0.1) is 0 Å². The Bertz CT molecular complexity index is 197. The van der Waals surface area contributed by atoms with E-state index in [1.807, 2.05) is 7.05 Å². The van der Waals surface area contributed by atoms with Gasteiger partial charge in [-0.05, 0) is 13.5 Å². The van der Waals surface area contributed by atoms with E-state index in [0.29, 0.717) is 12.6 Å². The molecule has 1 saturated heterocycles. The minimum absolute atomic E-state index is 0.443. The molecular formula is C9H15NO3. The van der Waals surface area contributed by atoms with Gasteiger partial charge in [-0.3, -0.25) is 4.90 Å². The Labute approximate surface area is 77.8 Å². The van der Waals surface area contributed by atoms with Gasteiger partial charge in [-0.1, -0.05) is 6.08 Å². The number of carboxylic acids is 1. The molecule has 0 amide bonds. The van der Waals surface area contributed by atoms with E-state index in [9.17, 15) is 4.79 Å². The summed E-state index contributed by atoms with van der Waals surface area (Å²) in [5.41, 5.74) is 0. The van der Waals surface area contributed by atoms with Crippen molar-refractivity contribution >= 4 is 5.97 Å². The second kappa shape index (κ2) is 4.99. The van der Waals surface area contributed by atoms with E-state index in [0.717, 1.165) is 19.6 Å². The van der Waals surface area contributed by atoms with E-state index >= 15 is 0 Å². The first-order chi connectivity index (χ1) is 6.20. The number of likely N-dealkylation sites (N-methyl/N-ethyl adjacent to an activating group) is 1. The SMILES string of the molecule is CN(C/C=C/C(=O)O)C1CCOC1. The summed E-state index contributed by atoms with van der Waals surface area (Å²) in [4.78, 5) is 12.3. The summed E-state index contributed by atoms with van der Waals surface area (Å²) in [6, 6.07) is 0.443. The third-order valence-electron chi connectivity index (χ3n) is 2.18. The highest BCUT2D eigenvalue weighted by atomic mass is 16.5. The van der Waals surface area contributed by atoms with Gasteiger partial charge in [0.2, 0.25) is 0 Å². The quantitative estimate of drug-likeness (QED) is 0.642. The van der Waals surface area contributed by atoms with Crippen LogP contribution in [0.1, 0.15) is 6.42 Å². The van der Waals surface area contributed by atoms with Crippen molar-refractivity contribution in [2.45, 2.75) is 12.5 Å². The number of hydrogen-bond donors (Lipinski definition) is 1. The van der Waals surface area contributed by atoms with E-state index in [2.05, 4.69) is 4.90 Å². The molecule has 13 heavy (non-hydrogen) atoms. The Morgan fingerprint density at radius 1 is 1.77 bits per heavy atom. The van der Waals surface area contributed by atoms with Crippen LogP contribution in [-0.2, 0) is 9.53 Å². The summed E-state index contributed by atoms with van der Waals surface area (Å²) in [5, 5.41) is 8.36. The second-order valence-corrected chi connectivity index (χ2v) is 3.20. The van der Waals surface area contributed by atoms with Crippen molar-refractivity contribution in [3.8, 4) is 0 Å². The monoisotopic (exact) mass is 185 g/mol. The van der Waals surface area contributed by atoms with Gasteiger partial charge in [0.25, 0.3) is 0 Å². The molecule has 0 radical (unpaired) electrons. The zero-order valence-electron chi connectivity index (χ0n) is 7.77. The molecule has 1 N–H and O–H groups in total. The minimum Gasteiger partial charge on any atom is -0.478 e. The first kappa shape index (κ1) is 10.2. The van der Waals surface area contributed by atoms with E-state index < -0.39 is 5.97 Å². The topological polar surface area (TPSA) is 49.8 Å². The Morgan fingerprint density at radius 2 is 2.54 bits per heavy atom. The Balaban J connectivity index is 2.23. The van der Waals surface area contributed by atoms with Crippen molar-refractivity contribution in [1.29, 1.82) is 0 Å². The van der Waals surface area contributed by atoms with Crippen molar-refractivity contribution in [1.82, 2.24) is 4.90 Å². The molecule has 4 heteroatoms. The van der Waals surface area contributed by atoms with E-state index in [-0.39, 0.29) is 0 Å². The lowest BCUT2D eigenvalue weighted by Crippen LogP contribution is -2.31. The average Bonchev–Trinajstić information content (AvgIpc) is 2.55. The number of ether oxygens (including phenoxy) is 1. The lowest BCUT2D eigenvalue weighted by molar-refractivity contribution is -0.131. The lowest BCUT2D eigenvalue weighted by atomic mass is 10.2. The van der Waals surface area contributed by atoms with Gasteiger partial charge >= 0.3 is 5.97 Å². The van der Waals surface area contributed by atoms with Crippen LogP contribution >= 0.6 is 0 Å². The number of carboxylic acid groups (broad SMARTS) is 1. The third-order valence-corrected chi connectivity index (χ3v) is 2.18. The summed E-state index contributed by atoms with van der Waals surface area (Å²) < 4.78 is 5.22. The molecule has 4 nitrogen and oxygen atoms in total. The van der Waals surface area contributed by atoms with Gasteiger partial charge in [0.05, 0.1) is 6.61 Å². The van der Waals surface area contributed by atoms with Gasteiger partial charge in [-0.25, -0.2) is 4.79 Å². The molecule has 74 valence electrons. The summed E-state index contributed by atoms with van der Waals surface area (Å²) >= 11 is 0. The van der Waals surface area contributed by atoms with Crippen molar-refractivity contribution in [2.75, 3.05) is 26.8 Å². The second-order valence-electron chi connectivity index (χ2n) is 3.20. The highest BCUT2D eigenvalue weighted by Crippen LogP contribution is 2.09. The smallest absolute Gasteiger partial charge is 0.328 e. The van der Waals surface area contributed by atoms with Crippen molar-refractivity contribution < 1.29 is 14.6 Å². The fraction of sp³-hybridized carbons (Fsp3) is 0.667. The van der Waals surface area contributed by atoms with Crippen molar-refractivity contribution in [3.05, 3.63) is 12.2 Å². The molecule has 0 saturated carbocycles. The van der Waals surface area contributed by atoms with Crippen molar-refractivity contribution in [2.24, 2.45) is 0 Å². The lowest BCUT2D eigenvalue weighted by Gasteiger charge is -2.20. The highest BCUT2D eigenvalue weighted by Gasteiger charge is 2.18. The van der Waals surface area contributed by atoms with E-state index in [1.165, 1.54) is 6.08 Å². The zero-order chi connectivity index (χ0) is 9.68. The predicted molar refractivity (Wildman–Crippen MR) is 48.6 cm³/mol. The van der Waals surface area contributed by atoms with Crippen LogP contribution in [-0.4, -0.2) is 48.8 Å². The van der Waals surface area contributed by atoms with Crippen LogP contribution in [0.2, 0.25) is 0 Å². The molecule has 1 heterocycles. The number of nitrogens with zero attached hydrogens (tertiary/aromatic N) is 1. The van der Waals surface area contributed by atoms with Gasteiger partial charge in [0.1, 0.15) is 0 Å². The first-order valence-corrected chi connectivity index (χ1v) is 4.37. The van der Waals surface area contributed by atoms with Gasteiger partial charge in [0.15, 0.2) is 0 Å². The van der Waals surface area contributed by atoms with Crippen molar-refractivity contribution in [3.63, 3.8) is 0 Å². The molecular weight excluding hydrogens is 170 g/mol. The molecule has 1 unspecified atom stereocenters. The Kier molecular flexibility index (Phi) is 3.92. The molecule has 0 aromatic rings. The molecule has 0 bridgehead atoms. The molecule has 0 aromatic carbocycles. The number of hydrogen-bond acceptors (Lipinski definition) is 3. The van der Waals surface area contributed by atoms with Crippen LogP contribution in [0.15, 0.2) is 12.2 Å². The summed E-state index contributed by atoms with van der Waals surface area (Å²) in [6.07, 6.45) is 3.87. The van der Waals surface area contributed by atoms with E-state index in [4.69, 9.17) is 9.84 Å². The average molecular weight is 185 g/mol. The van der Waals surface area contributed by atoms with Gasteiger partial charge in [-0.2, -0.15) is 0 Å². The van der Waals surface area contributed by atoms with Gasteiger partial charge in [-0.15, -0.1) is 0 Å². The van der Waals surface area contributed by atoms with Crippen LogP contribution in [0.4, 0.5) is 0 Å². The fourth-order valence-electron chi connectivity index (χ4n) is 1.34. The molecule has 1 rings (SSSR count). The molecule has 1 fully saturated rings. The predicted octanol–water partition coefficient (Wildman–Crippen LogP) is 0.348. The molecule has 1 aliphatic rings. The maximum Gasteiger partial charge on any atom is 0.328 e. The largest absolute Gasteiger partial charge is 0.478 e. The van der Waals surface area contributed by atoms with Crippen LogP contribution in [0.5, 0.6) is 0 Å². The molecule has 0 aliphatic carbocycles. The first-order valence-electron chi connectivity index (χ1n) is 4.37. The normalized spacial score (nSPS) is 23.1. The van der Waals surface area contributed by atoms with Gasteiger partial charge < -0.3 is 9.84 Å². The molecule has 0 aromatic heterocycles. The number of aliphatic carboxylic acids is 1. The summed E-state index contributed by atoms with van der Waals surface area (Å²) in [7, 11) is 1.98. The molecule has 0 spiro atoms. The van der Waals surface area contributed by atoms with Gasteiger partial charge in [0, 0.05) is 25.3 Å². The zero-order valence-corrected chi connectivity index (χ0v) is 7.77. The fourth-order valence-corrected chi connectivity index (χ4v) is 1.34. The Morgan fingerprint density at radius 3 is 3.08 bits per heavy atom. The maximum atomic E-state index is 10.2. The number of carbonyl (C=O) groups is 1.